The Bertz CT molecular complexity index is 2720. The zero-order valence-electron chi connectivity index (χ0n) is 39.4. The van der Waals surface area contributed by atoms with Crippen molar-refractivity contribution in [2.24, 2.45) is 11.8 Å². The van der Waals surface area contributed by atoms with E-state index in [4.69, 9.17) is 33.7 Å². The minimum atomic E-state index is -0.901. The molecule has 6 heterocycles. The third-order valence-electron chi connectivity index (χ3n) is 13.4. The van der Waals surface area contributed by atoms with Crippen LogP contribution in [0.15, 0.2) is 73.1 Å². The van der Waals surface area contributed by atoms with E-state index in [1.165, 1.54) is 14.2 Å². The lowest BCUT2D eigenvalue weighted by molar-refractivity contribution is -0.136. The van der Waals surface area contributed by atoms with Gasteiger partial charge in [0.2, 0.25) is 18.6 Å². The number of rotatable bonds is 12. The van der Waals surface area contributed by atoms with Crippen molar-refractivity contribution in [2.45, 2.75) is 90.3 Å². The van der Waals surface area contributed by atoms with Crippen LogP contribution in [0.25, 0.3) is 33.6 Å². The van der Waals surface area contributed by atoms with Crippen molar-refractivity contribution in [3.63, 3.8) is 0 Å². The van der Waals surface area contributed by atoms with Crippen molar-refractivity contribution in [1.29, 1.82) is 0 Å². The summed E-state index contributed by atoms with van der Waals surface area (Å²) in [5, 5.41) is 5.38. The average molecular weight is 944 g/mol. The Morgan fingerprint density at radius 2 is 1.39 bits per heavy atom. The van der Waals surface area contributed by atoms with Gasteiger partial charge in [-0.05, 0) is 53.0 Å². The molecule has 4 aliphatic heterocycles. The Balaban J connectivity index is 0.874. The van der Waals surface area contributed by atoms with Gasteiger partial charge in [0.25, 0.3) is 0 Å². The van der Waals surface area contributed by atoms with Gasteiger partial charge in [-0.3, -0.25) is 14.5 Å². The van der Waals surface area contributed by atoms with E-state index in [0.29, 0.717) is 42.8 Å². The number of aromatic amines is 2. The molecular weight excluding hydrogens is 887 g/mol. The maximum atomic E-state index is 14.3. The van der Waals surface area contributed by atoms with Crippen LogP contribution in [-0.4, -0.2) is 117 Å². The van der Waals surface area contributed by atoms with E-state index in [0.717, 1.165) is 57.6 Å². The number of aromatic nitrogens is 4. The highest BCUT2D eigenvalue weighted by Gasteiger charge is 2.44. The van der Waals surface area contributed by atoms with Crippen LogP contribution in [0.2, 0.25) is 0 Å². The molecule has 19 heteroatoms. The molecule has 5 aromatic rings. The van der Waals surface area contributed by atoms with Crippen molar-refractivity contribution in [2.75, 3.05) is 34.1 Å². The van der Waals surface area contributed by atoms with Gasteiger partial charge in [-0.1, -0.05) is 82.3 Å². The molecule has 362 valence electrons. The Labute approximate surface area is 399 Å². The molecule has 5 atom stereocenters. The zero-order chi connectivity index (χ0) is 48.5. The molecule has 19 nitrogen and oxygen atoms in total. The van der Waals surface area contributed by atoms with Crippen molar-refractivity contribution in [3.05, 3.63) is 95.8 Å². The lowest BCUT2D eigenvalue weighted by atomic mass is 10.0. The van der Waals surface area contributed by atoms with Gasteiger partial charge in [-0.2, -0.15) is 0 Å². The number of imidazole rings is 2. The Morgan fingerprint density at radius 1 is 0.754 bits per heavy atom. The molecule has 0 bridgehead atoms. The zero-order valence-corrected chi connectivity index (χ0v) is 39.4. The number of H-pyrrole nitrogens is 2. The average Bonchev–Trinajstić information content (AvgIpc) is 4.22. The SMILES string of the molecule is COC(=O)N[C@H](C(=O)N1C[C@@H](OC(=O)N2Cc3ccc4c(c3C2)OCO4)C[C@@H]1c1ncc(-c2ccc(-c3ccc(-c4c[nH]c([C@@H]5CCCN5C(=O)[C@@H](NC(=O)OC)C(C)C)n4)cc3)cc2)[nH]1)C(C)C. The van der Waals surface area contributed by atoms with Crippen LogP contribution in [0.4, 0.5) is 14.4 Å². The molecule has 0 unspecified atom stereocenters. The number of hydrogen-bond acceptors (Lipinski definition) is 12. The van der Waals surface area contributed by atoms with Crippen LogP contribution in [0.5, 0.6) is 11.5 Å². The molecule has 0 spiro atoms. The number of hydrogen-bond donors (Lipinski definition) is 4. The fourth-order valence-corrected chi connectivity index (χ4v) is 9.63. The maximum Gasteiger partial charge on any atom is 0.410 e. The van der Waals surface area contributed by atoms with Gasteiger partial charge in [0, 0.05) is 36.8 Å². The number of fused-ring (bicyclic) bond motifs is 3. The fraction of sp³-hybridized carbons (Fsp3) is 0.420. The lowest BCUT2D eigenvalue weighted by Crippen LogP contribution is -2.51. The summed E-state index contributed by atoms with van der Waals surface area (Å²) in [4.78, 5) is 87.3. The first kappa shape index (κ1) is 46.5. The first-order valence-electron chi connectivity index (χ1n) is 23.3. The number of nitrogens with zero attached hydrogens (tertiary/aromatic N) is 5. The quantitative estimate of drug-likeness (QED) is 0.0922. The molecular formula is C50H57N9O10. The Hall–Kier alpha value is -7.57. The summed E-state index contributed by atoms with van der Waals surface area (Å²) < 4.78 is 26.9. The molecule has 0 radical (unpaired) electrons. The van der Waals surface area contributed by atoms with Crippen LogP contribution in [-0.2, 0) is 36.9 Å². The predicted octanol–water partition coefficient (Wildman–Crippen LogP) is 7.08. The van der Waals surface area contributed by atoms with E-state index < -0.39 is 42.5 Å². The summed E-state index contributed by atoms with van der Waals surface area (Å²) >= 11 is 0. The van der Waals surface area contributed by atoms with Crippen LogP contribution in [0.1, 0.15) is 81.8 Å². The van der Waals surface area contributed by atoms with Gasteiger partial charge in [-0.15, -0.1) is 0 Å². The molecule has 2 saturated heterocycles. The second-order valence-electron chi connectivity index (χ2n) is 18.5. The van der Waals surface area contributed by atoms with Gasteiger partial charge in [0.05, 0.1) is 57.0 Å². The highest BCUT2D eigenvalue weighted by atomic mass is 16.7. The van der Waals surface area contributed by atoms with E-state index in [-0.39, 0.29) is 49.5 Å². The van der Waals surface area contributed by atoms with Crippen LogP contribution in [0.3, 0.4) is 0 Å². The van der Waals surface area contributed by atoms with Crippen LogP contribution in [0, 0.1) is 11.8 Å². The van der Waals surface area contributed by atoms with E-state index in [1.54, 1.807) is 20.9 Å². The molecule has 2 aromatic heterocycles. The second-order valence-corrected chi connectivity index (χ2v) is 18.5. The molecule has 9 rings (SSSR count). The molecule has 2 fully saturated rings. The summed E-state index contributed by atoms with van der Waals surface area (Å²) in [6.07, 6.45) is 2.90. The summed E-state index contributed by atoms with van der Waals surface area (Å²) in [6.45, 7) is 8.91. The molecule has 0 aliphatic carbocycles. The topological polar surface area (TPSA) is 223 Å². The normalized spacial score (nSPS) is 19.1. The van der Waals surface area contributed by atoms with Crippen molar-refractivity contribution in [1.82, 2.24) is 45.3 Å². The molecule has 69 heavy (non-hydrogen) atoms. The molecule has 3 aromatic carbocycles. The largest absolute Gasteiger partial charge is 0.454 e. The van der Waals surface area contributed by atoms with Gasteiger partial charge in [-0.25, -0.2) is 24.4 Å². The standard InChI is InChI=1S/C50H57N9O10/c1-27(2)41(55-48(62)65-5)46(60)58-19-7-8-38(58)44-51-21-36(53-44)31-13-9-29(10-14-31)30-11-15-32(16-12-30)37-22-52-45(54-37)39-20-34(24-59(39)47(61)42(28(3)4)56-49(63)66-6)69-50(64)57-23-33-17-18-40-43(35(33)25-57)68-26-67-40/h9-18,21-22,27-28,34,38-39,41-42H,7-8,19-20,23-26H2,1-6H3,(H,51,53)(H,52,54)(H,55,62)(H,56,63)/t34-,38-,39+,41-,42-/m0/s1. The van der Waals surface area contributed by atoms with E-state index >= 15 is 0 Å². The molecule has 4 N–H and O–H groups in total. The summed E-state index contributed by atoms with van der Waals surface area (Å²) in [7, 11) is 2.53. The number of likely N-dealkylation sites (tertiary alicyclic amines) is 2. The molecule has 0 saturated carbocycles. The van der Waals surface area contributed by atoms with Gasteiger partial charge in [0.15, 0.2) is 11.5 Å². The minimum Gasteiger partial charge on any atom is -0.454 e. The number of carbonyl (C=O) groups excluding carboxylic acids is 5. The number of carbonyl (C=O) groups is 5. The Kier molecular flexibility index (Phi) is 13.2. The van der Waals surface area contributed by atoms with E-state index in [2.05, 4.69) is 20.6 Å². The van der Waals surface area contributed by atoms with Gasteiger partial charge >= 0.3 is 18.3 Å². The van der Waals surface area contributed by atoms with Gasteiger partial charge < -0.3 is 54.1 Å². The first-order chi connectivity index (χ1) is 33.3. The highest BCUT2D eigenvalue weighted by molar-refractivity contribution is 5.87. The van der Waals surface area contributed by atoms with Crippen molar-refractivity contribution in [3.8, 4) is 45.1 Å². The number of amides is 5. The maximum absolute atomic E-state index is 14.3. The smallest absolute Gasteiger partial charge is 0.410 e. The number of ether oxygens (including phenoxy) is 5. The summed E-state index contributed by atoms with van der Waals surface area (Å²) in [5.74, 6) is 1.60. The number of alkyl carbamates (subject to hydrolysis) is 2. The van der Waals surface area contributed by atoms with E-state index in [1.807, 2.05) is 94.6 Å². The van der Waals surface area contributed by atoms with Crippen molar-refractivity contribution < 1.29 is 47.7 Å². The second kappa shape index (κ2) is 19.6. The van der Waals surface area contributed by atoms with Crippen LogP contribution < -0.4 is 20.1 Å². The fourth-order valence-electron chi connectivity index (χ4n) is 9.63. The molecule has 5 amide bonds. The molecule has 4 aliphatic rings. The number of nitrogens with one attached hydrogen (secondary N) is 4. The van der Waals surface area contributed by atoms with E-state index in [9.17, 15) is 24.0 Å². The Morgan fingerprint density at radius 3 is 2.04 bits per heavy atom. The minimum absolute atomic E-state index is 0.0932. The predicted molar refractivity (Wildman–Crippen MR) is 250 cm³/mol. The third kappa shape index (κ3) is 9.49. The lowest BCUT2D eigenvalue weighted by Gasteiger charge is -2.29. The monoisotopic (exact) mass is 943 g/mol. The van der Waals surface area contributed by atoms with Crippen molar-refractivity contribution >= 4 is 30.1 Å². The number of methoxy groups -OCH3 is 2. The third-order valence-corrected chi connectivity index (χ3v) is 13.4. The highest BCUT2D eigenvalue weighted by Crippen LogP contribution is 2.42. The first-order valence-corrected chi connectivity index (χ1v) is 23.3. The van der Waals surface area contributed by atoms with Gasteiger partial charge in [0.1, 0.15) is 29.8 Å². The summed E-state index contributed by atoms with van der Waals surface area (Å²) in [6, 6.07) is 17.5. The summed E-state index contributed by atoms with van der Waals surface area (Å²) in [5.41, 5.74) is 7.13. The van der Waals surface area contributed by atoms with Crippen LogP contribution >= 0.6 is 0 Å². The number of benzene rings is 3.